The summed E-state index contributed by atoms with van der Waals surface area (Å²) in [5, 5.41) is 0. The number of amides is 1. The van der Waals surface area contributed by atoms with Crippen LogP contribution in [0, 0.1) is 11.8 Å². The maximum absolute atomic E-state index is 12.3. The van der Waals surface area contributed by atoms with E-state index in [1.807, 2.05) is 4.90 Å². The summed E-state index contributed by atoms with van der Waals surface area (Å²) in [7, 11) is 1.59. The van der Waals surface area contributed by atoms with E-state index in [1.165, 1.54) is 0 Å². The maximum atomic E-state index is 12.3. The first-order chi connectivity index (χ1) is 9.26. The molecule has 1 amide bonds. The van der Waals surface area contributed by atoms with Crippen molar-refractivity contribution < 1.29 is 9.53 Å². The van der Waals surface area contributed by atoms with Gasteiger partial charge in [0.2, 0.25) is 0 Å². The molecule has 0 unspecified atom stereocenters. The number of carbonyl (C=O) groups excluding carboxylic acids is 1. The quantitative estimate of drug-likeness (QED) is 0.812. The molecule has 4 nitrogen and oxygen atoms in total. The Morgan fingerprint density at radius 1 is 1.42 bits per heavy atom. The van der Waals surface area contributed by atoms with Gasteiger partial charge in [0.1, 0.15) is 5.75 Å². The lowest BCUT2D eigenvalue weighted by atomic mass is 10.1. The summed E-state index contributed by atoms with van der Waals surface area (Å²) in [6, 6.07) is 5.35. The first kappa shape index (κ1) is 13.4. The van der Waals surface area contributed by atoms with Gasteiger partial charge < -0.3 is 15.4 Å². The molecule has 0 radical (unpaired) electrons. The number of carbonyl (C=O) groups is 1. The lowest BCUT2D eigenvalue weighted by Gasteiger charge is -2.15. The number of nitrogens with two attached hydrogens (primary N) is 1. The van der Waals surface area contributed by atoms with Gasteiger partial charge in [0.05, 0.1) is 19.2 Å². The highest BCUT2D eigenvalue weighted by Crippen LogP contribution is 2.21. The molecule has 0 aromatic heterocycles. The smallest absolute Gasteiger partial charge is 0.253 e. The van der Waals surface area contributed by atoms with E-state index >= 15 is 0 Å². The van der Waals surface area contributed by atoms with Crippen molar-refractivity contribution in [1.82, 2.24) is 4.90 Å². The van der Waals surface area contributed by atoms with Crippen molar-refractivity contribution in [2.24, 2.45) is 5.73 Å². The fraction of sp³-hybridized carbons (Fsp3) is 0.400. The van der Waals surface area contributed by atoms with Crippen LogP contribution in [0.3, 0.4) is 0 Å². The molecule has 2 N–H and O–H groups in total. The molecule has 1 heterocycles. The second-order valence-corrected chi connectivity index (χ2v) is 4.42. The van der Waals surface area contributed by atoms with Crippen molar-refractivity contribution in [2.45, 2.75) is 12.8 Å². The summed E-state index contributed by atoms with van der Waals surface area (Å²) in [5.41, 5.74) is 6.74. The summed E-state index contributed by atoms with van der Waals surface area (Å²) in [6.45, 7) is 1.97. The third-order valence-electron chi connectivity index (χ3n) is 3.16. The van der Waals surface area contributed by atoms with E-state index in [0.29, 0.717) is 16.9 Å². The maximum Gasteiger partial charge on any atom is 0.253 e. The second kappa shape index (κ2) is 6.26. The average Bonchev–Trinajstić information content (AvgIpc) is 2.98. The van der Waals surface area contributed by atoms with Crippen LogP contribution in [0.4, 0.5) is 0 Å². The zero-order chi connectivity index (χ0) is 13.7. The molecule has 1 aliphatic heterocycles. The van der Waals surface area contributed by atoms with Crippen LogP contribution in [0.1, 0.15) is 28.8 Å². The molecule has 1 aromatic carbocycles. The van der Waals surface area contributed by atoms with Crippen molar-refractivity contribution in [3.8, 4) is 17.6 Å². The van der Waals surface area contributed by atoms with Crippen LogP contribution in [0.5, 0.6) is 5.75 Å². The van der Waals surface area contributed by atoms with E-state index in [9.17, 15) is 4.79 Å². The van der Waals surface area contributed by atoms with Crippen LogP contribution < -0.4 is 10.5 Å². The van der Waals surface area contributed by atoms with Crippen LogP contribution in [0.25, 0.3) is 0 Å². The molecule has 4 heteroatoms. The number of rotatable bonds is 2. The Balaban J connectivity index is 2.28. The Bertz CT molecular complexity index is 523. The summed E-state index contributed by atoms with van der Waals surface area (Å²) < 4.78 is 5.23. The number of hydrogen-bond donors (Lipinski definition) is 1. The lowest BCUT2D eigenvalue weighted by Crippen LogP contribution is -2.27. The number of ether oxygens (including phenoxy) is 1. The second-order valence-electron chi connectivity index (χ2n) is 4.42. The minimum absolute atomic E-state index is 0.0657. The summed E-state index contributed by atoms with van der Waals surface area (Å²) in [6.07, 6.45) is 2.17. The van der Waals surface area contributed by atoms with E-state index in [4.69, 9.17) is 10.5 Å². The Hall–Kier alpha value is -1.99. The van der Waals surface area contributed by atoms with Crippen molar-refractivity contribution in [2.75, 3.05) is 26.7 Å². The molecule has 2 rings (SSSR count). The van der Waals surface area contributed by atoms with Crippen molar-refractivity contribution in [1.29, 1.82) is 0 Å². The van der Waals surface area contributed by atoms with Gasteiger partial charge >= 0.3 is 0 Å². The highest BCUT2D eigenvalue weighted by Gasteiger charge is 2.20. The molecular formula is C15H18N2O2. The van der Waals surface area contributed by atoms with Gasteiger partial charge in [-0.25, -0.2) is 0 Å². The average molecular weight is 258 g/mol. The molecule has 1 fully saturated rings. The van der Waals surface area contributed by atoms with Crippen molar-refractivity contribution in [3.05, 3.63) is 29.3 Å². The first-order valence-corrected chi connectivity index (χ1v) is 6.42. The monoisotopic (exact) mass is 258 g/mol. The van der Waals surface area contributed by atoms with E-state index in [0.717, 1.165) is 25.9 Å². The molecule has 0 atom stereocenters. The van der Waals surface area contributed by atoms with Gasteiger partial charge in [-0.1, -0.05) is 11.8 Å². The van der Waals surface area contributed by atoms with Gasteiger partial charge in [0.15, 0.2) is 0 Å². The summed E-state index contributed by atoms with van der Waals surface area (Å²) in [4.78, 5) is 14.2. The Labute approximate surface area is 113 Å². The molecule has 100 valence electrons. The Kier molecular flexibility index (Phi) is 4.43. The Morgan fingerprint density at radius 2 is 2.16 bits per heavy atom. The van der Waals surface area contributed by atoms with E-state index in [1.54, 1.807) is 25.3 Å². The van der Waals surface area contributed by atoms with Crippen LogP contribution in [-0.2, 0) is 0 Å². The van der Waals surface area contributed by atoms with Crippen molar-refractivity contribution in [3.63, 3.8) is 0 Å². The van der Waals surface area contributed by atoms with E-state index < -0.39 is 0 Å². The Morgan fingerprint density at radius 3 is 2.79 bits per heavy atom. The lowest BCUT2D eigenvalue weighted by molar-refractivity contribution is 0.0793. The predicted octanol–water partition coefficient (Wildman–Crippen LogP) is 1.24. The molecule has 0 saturated carbocycles. The molecule has 1 saturated heterocycles. The van der Waals surface area contributed by atoms with E-state index in [-0.39, 0.29) is 12.5 Å². The van der Waals surface area contributed by atoms with Crippen LogP contribution in [0.15, 0.2) is 18.2 Å². The molecule has 1 aliphatic rings. The van der Waals surface area contributed by atoms with Gasteiger partial charge in [-0.05, 0) is 31.0 Å². The van der Waals surface area contributed by atoms with Gasteiger partial charge in [0.25, 0.3) is 5.91 Å². The minimum atomic E-state index is 0.0657. The third-order valence-corrected chi connectivity index (χ3v) is 3.16. The normalized spacial score (nSPS) is 13.9. The summed E-state index contributed by atoms with van der Waals surface area (Å²) in [5.74, 6) is 6.46. The number of nitrogens with zero attached hydrogens (tertiary/aromatic N) is 1. The highest BCUT2D eigenvalue weighted by atomic mass is 16.5. The van der Waals surface area contributed by atoms with Gasteiger partial charge in [-0.2, -0.15) is 0 Å². The molecule has 19 heavy (non-hydrogen) atoms. The standard InChI is InChI=1S/C15H18N2O2/c1-19-14-7-6-13(11-12(14)5-4-8-16)15(18)17-9-2-3-10-17/h6-7,11H,2-3,8-10,16H2,1H3. The topological polar surface area (TPSA) is 55.6 Å². The largest absolute Gasteiger partial charge is 0.495 e. The third kappa shape index (κ3) is 3.07. The van der Waals surface area contributed by atoms with Crippen molar-refractivity contribution >= 4 is 5.91 Å². The summed E-state index contributed by atoms with van der Waals surface area (Å²) >= 11 is 0. The minimum Gasteiger partial charge on any atom is -0.495 e. The van der Waals surface area contributed by atoms with Crippen LogP contribution in [-0.4, -0.2) is 37.6 Å². The molecule has 0 bridgehead atoms. The molecule has 1 aromatic rings. The number of methoxy groups -OCH3 is 1. The van der Waals surface area contributed by atoms with Crippen LogP contribution >= 0.6 is 0 Å². The zero-order valence-electron chi connectivity index (χ0n) is 11.1. The first-order valence-electron chi connectivity index (χ1n) is 6.42. The van der Waals surface area contributed by atoms with Gasteiger partial charge in [-0.15, -0.1) is 0 Å². The number of hydrogen-bond acceptors (Lipinski definition) is 3. The molecular weight excluding hydrogens is 240 g/mol. The van der Waals surface area contributed by atoms with Crippen LogP contribution in [0.2, 0.25) is 0 Å². The molecule has 0 spiro atoms. The van der Waals surface area contributed by atoms with Gasteiger partial charge in [-0.3, -0.25) is 4.79 Å². The predicted molar refractivity (Wildman–Crippen MR) is 74.1 cm³/mol. The van der Waals surface area contributed by atoms with E-state index in [2.05, 4.69) is 11.8 Å². The van der Waals surface area contributed by atoms with Gasteiger partial charge in [0, 0.05) is 18.7 Å². The fourth-order valence-corrected chi connectivity index (χ4v) is 2.19. The number of likely N-dealkylation sites (tertiary alicyclic amines) is 1. The molecule has 0 aliphatic carbocycles. The SMILES string of the molecule is COc1ccc(C(=O)N2CCCC2)cc1C#CCN. The number of benzene rings is 1. The zero-order valence-corrected chi connectivity index (χ0v) is 11.1. The highest BCUT2D eigenvalue weighted by molar-refractivity contribution is 5.95. The fourth-order valence-electron chi connectivity index (χ4n) is 2.19.